The third kappa shape index (κ3) is 3.70. The highest BCUT2D eigenvalue weighted by Crippen LogP contribution is 2.22. The van der Waals surface area contributed by atoms with Gasteiger partial charge in [0.1, 0.15) is 11.4 Å². The first-order valence-electron chi connectivity index (χ1n) is 7.66. The van der Waals surface area contributed by atoms with Crippen molar-refractivity contribution in [2.45, 2.75) is 32.0 Å². The van der Waals surface area contributed by atoms with E-state index in [-0.39, 0.29) is 11.7 Å². The van der Waals surface area contributed by atoms with Crippen LogP contribution >= 0.6 is 11.8 Å². The van der Waals surface area contributed by atoms with Crippen LogP contribution in [0.25, 0.3) is 11.2 Å². The molecule has 2 aromatic heterocycles. The van der Waals surface area contributed by atoms with Gasteiger partial charge >= 0.3 is 0 Å². The summed E-state index contributed by atoms with van der Waals surface area (Å²) >= 11 is 1.34. The second-order valence-corrected chi connectivity index (χ2v) is 6.27. The summed E-state index contributed by atoms with van der Waals surface area (Å²) < 4.78 is 1.71. The van der Waals surface area contributed by atoms with Gasteiger partial charge in [-0.1, -0.05) is 46.8 Å². The van der Waals surface area contributed by atoms with Gasteiger partial charge in [-0.3, -0.25) is 4.79 Å². The van der Waals surface area contributed by atoms with Crippen LogP contribution in [0.4, 0.5) is 0 Å². The van der Waals surface area contributed by atoms with Gasteiger partial charge in [-0.05, 0) is 19.4 Å². The molecule has 0 spiro atoms. The van der Waals surface area contributed by atoms with Gasteiger partial charge in [-0.2, -0.15) is 0 Å². The first-order valence-corrected chi connectivity index (χ1v) is 8.65. The van der Waals surface area contributed by atoms with Crippen LogP contribution in [0.3, 0.4) is 0 Å². The van der Waals surface area contributed by atoms with Crippen LogP contribution < -0.4 is 5.32 Å². The molecule has 124 valence electrons. The number of carbonyl (C=O) groups is 1. The molecule has 0 bridgehead atoms. The van der Waals surface area contributed by atoms with Crippen molar-refractivity contribution in [3.63, 3.8) is 0 Å². The quantitative estimate of drug-likeness (QED) is 0.544. The largest absolute Gasteiger partial charge is 0.351 e. The van der Waals surface area contributed by atoms with E-state index in [4.69, 9.17) is 0 Å². The van der Waals surface area contributed by atoms with E-state index in [1.807, 2.05) is 38.1 Å². The van der Waals surface area contributed by atoms with Gasteiger partial charge in [0.2, 0.25) is 5.91 Å². The van der Waals surface area contributed by atoms with Gasteiger partial charge in [0.15, 0.2) is 11.2 Å². The number of rotatable bonds is 6. The summed E-state index contributed by atoms with van der Waals surface area (Å²) in [5.74, 6) is 0.229. The molecule has 1 aromatic carbocycles. The molecule has 1 amide bonds. The Morgan fingerprint density at radius 3 is 2.79 bits per heavy atom. The van der Waals surface area contributed by atoms with Crippen molar-refractivity contribution in [1.29, 1.82) is 0 Å². The predicted molar refractivity (Wildman–Crippen MR) is 92.5 cm³/mol. The molecule has 0 atom stereocenters. The molecule has 1 N–H and O–H groups in total. The van der Waals surface area contributed by atoms with E-state index >= 15 is 0 Å². The number of nitrogens with zero attached hydrogens (tertiary/aromatic N) is 5. The van der Waals surface area contributed by atoms with Crippen molar-refractivity contribution < 1.29 is 4.79 Å². The maximum Gasteiger partial charge on any atom is 0.230 e. The molecular weight excluding hydrogens is 324 g/mol. The Balaban J connectivity index is 1.58. The topological polar surface area (TPSA) is 85.6 Å². The molecule has 0 unspecified atom stereocenters. The number of fused-ring (bicyclic) bond motifs is 1. The van der Waals surface area contributed by atoms with E-state index in [1.165, 1.54) is 23.7 Å². The third-order valence-corrected chi connectivity index (χ3v) is 4.50. The van der Waals surface area contributed by atoms with Crippen LogP contribution in [0.2, 0.25) is 0 Å². The number of hydrogen-bond donors (Lipinski definition) is 1. The van der Waals surface area contributed by atoms with Gasteiger partial charge in [-0.15, -0.1) is 5.10 Å². The lowest BCUT2D eigenvalue weighted by Gasteiger charge is -2.05. The number of hydrogen-bond acceptors (Lipinski definition) is 6. The highest BCUT2D eigenvalue weighted by atomic mass is 32.2. The van der Waals surface area contributed by atoms with Crippen molar-refractivity contribution in [2.24, 2.45) is 0 Å². The summed E-state index contributed by atoms with van der Waals surface area (Å²) in [5, 5.41) is 11.7. The highest BCUT2D eigenvalue weighted by Gasteiger charge is 2.12. The fourth-order valence-corrected chi connectivity index (χ4v) is 2.94. The number of aromatic nitrogens is 5. The number of thioether (sulfide) groups is 1. The Hall–Kier alpha value is -2.48. The van der Waals surface area contributed by atoms with E-state index in [9.17, 15) is 4.79 Å². The Morgan fingerprint density at radius 1 is 1.25 bits per heavy atom. The fraction of sp³-hybridized carbons (Fsp3) is 0.312. The molecule has 8 heteroatoms. The SMILES string of the molecule is CCn1nnc2c(SCC(=O)NCc3ccc(C)cc3)ncnc21. The average Bonchev–Trinajstić information content (AvgIpc) is 3.03. The summed E-state index contributed by atoms with van der Waals surface area (Å²) in [5.41, 5.74) is 3.61. The molecule has 0 fully saturated rings. The molecule has 24 heavy (non-hydrogen) atoms. The van der Waals surface area contributed by atoms with Crippen LogP contribution in [-0.2, 0) is 17.9 Å². The lowest BCUT2D eigenvalue weighted by molar-refractivity contribution is -0.118. The monoisotopic (exact) mass is 342 g/mol. The first kappa shape index (κ1) is 16.4. The number of aryl methyl sites for hydroxylation is 2. The predicted octanol–water partition coefficient (Wildman–Crippen LogP) is 1.96. The summed E-state index contributed by atoms with van der Waals surface area (Å²) in [7, 11) is 0. The molecule has 0 aliphatic carbocycles. The molecule has 7 nitrogen and oxygen atoms in total. The minimum absolute atomic E-state index is 0.0461. The van der Waals surface area contributed by atoms with Crippen molar-refractivity contribution >= 4 is 28.8 Å². The minimum Gasteiger partial charge on any atom is -0.351 e. The van der Waals surface area contributed by atoms with E-state index in [0.717, 1.165) is 5.56 Å². The zero-order chi connectivity index (χ0) is 16.9. The Bertz CT molecular complexity index is 845. The van der Waals surface area contributed by atoms with Crippen LogP contribution in [0.15, 0.2) is 35.6 Å². The standard InChI is InChI=1S/C16H18N6OS/c1-3-22-15-14(20-21-22)16(19-10-18-15)24-9-13(23)17-8-12-6-4-11(2)5-7-12/h4-7,10H,3,8-9H2,1-2H3,(H,17,23). The van der Waals surface area contributed by atoms with Gasteiger partial charge in [0, 0.05) is 13.1 Å². The minimum atomic E-state index is -0.0461. The Morgan fingerprint density at radius 2 is 2.04 bits per heavy atom. The molecule has 0 radical (unpaired) electrons. The second kappa shape index (κ2) is 7.39. The van der Waals surface area contributed by atoms with Crippen molar-refractivity contribution in [3.05, 3.63) is 41.7 Å². The Labute approximate surface area is 143 Å². The van der Waals surface area contributed by atoms with Gasteiger partial charge in [0.25, 0.3) is 0 Å². The van der Waals surface area contributed by atoms with E-state index in [1.54, 1.807) is 4.68 Å². The summed E-state index contributed by atoms with van der Waals surface area (Å²) in [6, 6.07) is 8.09. The zero-order valence-electron chi connectivity index (χ0n) is 13.6. The summed E-state index contributed by atoms with van der Waals surface area (Å²) in [4.78, 5) is 20.4. The normalized spacial score (nSPS) is 10.9. The molecule has 0 saturated carbocycles. The number of amides is 1. The average molecular weight is 342 g/mol. The number of benzene rings is 1. The lowest BCUT2D eigenvalue weighted by atomic mass is 10.1. The summed E-state index contributed by atoms with van der Waals surface area (Å²) in [6.07, 6.45) is 1.48. The van der Waals surface area contributed by atoms with Crippen molar-refractivity contribution in [1.82, 2.24) is 30.3 Å². The van der Waals surface area contributed by atoms with Crippen LogP contribution in [-0.4, -0.2) is 36.6 Å². The Kier molecular flexibility index (Phi) is 5.05. The van der Waals surface area contributed by atoms with Gasteiger partial charge < -0.3 is 5.32 Å². The number of carbonyl (C=O) groups excluding carboxylic acids is 1. The molecule has 2 heterocycles. The van der Waals surface area contributed by atoms with Crippen LogP contribution in [0, 0.1) is 6.92 Å². The maximum atomic E-state index is 12.0. The number of nitrogens with one attached hydrogen (secondary N) is 1. The summed E-state index contributed by atoms with van der Waals surface area (Å²) in [6.45, 7) is 5.22. The molecular formula is C16H18N6OS. The first-order chi connectivity index (χ1) is 11.7. The van der Waals surface area contributed by atoms with Crippen molar-refractivity contribution in [2.75, 3.05) is 5.75 Å². The highest BCUT2D eigenvalue weighted by molar-refractivity contribution is 8.00. The third-order valence-electron chi connectivity index (χ3n) is 3.52. The van der Waals surface area contributed by atoms with E-state index < -0.39 is 0 Å². The van der Waals surface area contributed by atoms with E-state index in [2.05, 4.69) is 25.6 Å². The molecule has 0 aliphatic rings. The molecule has 0 saturated heterocycles. The van der Waals surface area contributed by atoms with Gasteiger partial charge in [-0.25, -0.2) is 14.6 Å². The van der Waals surface area contributed by atoms with Crippen molar-refractivity contribution in [3.8, 4) is 0 Å². The van der Waals surface area contributed by atoms with Crippen LogP contribution in [0.5, 0.6) is 0 Å². The fourth-order valence-electron chi connectivity index (χ4n) is 2.18. The zero-order valence-corrected chi connectivity index (χ0v) is 14.4. The van der Waals surface area contributed by atoms with Crippen LogP contribution in [0.1, 0.15) is 18.1 Å². The smallest absolute Gasteiger partial charge is 0.230 e. The van der Waals surface area contributed by atoms with E-state index in [0.29, 0.717) is 29.3 Å². The van der Waals surface area contributed by atoms with Gasteiger partial charge in [0.05, 0.1) is 5.75 Å². The second-order valence-electron chi connectivity index (χ2n) is 5.31. The molecule has 3 aromatic rings. The lowest BCUT2D eigenvalue weighted by Crippen LogP contribution is -2.24. The maximum absolute atomic E-state index is 12.0. The molecule has 3 rings (SSSR count). The molecule has 0 aliphatic heterocycles.